The number of hydrogen-bond donors (Lipinski definition) is 0. The summed E-state index contributed by atoms with van der Waals surface area (Å²) in [5.74, 6) is -0.446. The molecule has 0 fully saturated rings. The molecule has 0 aliphatic carbocycles. The van der Waals surface area contributed by atoms with Crippen LogP contribution in [0.1, 0.15) is 47.0 Å². The van der Waals surface area contributed by atoms with Crippen LogP contribution in [0.25, 0.3) is 0 Å². The quantitative estimate of drug-likeness (QED) is 0.630. The fourth-order valence-electron chi connectivity index (χ4n) is 1.29. The molecule has 0 bridgehead atoms. The molecular weight excluding hydrogens is 152 g/mol. The van der Waals surface area contributed by atoms with E-state index in [9.17, 15) is 9.90 Å². The molecule has 0 saturated carbocycles. The summed E-state index contributed by atoms with van der Waals surface area (Å²) in [5, 5.41) is 10.8. The molecule has 0 aliphatic heterocycles. The first-order valence-electron chi connectivity index (χ1n) is 4.67. The summed E-state index contributed by atoms with van der Waals surface area (Å²) in [7, 11) is 0. The number of carboxylic acid groups (broad SMARTS) is 1. The van der Waals surface area contributed by atoms with Crippen LogP contribution >= 0.6 is 0 Å². The Morgan fingerprint density at radius 2 is 2.00 bits per heavy atom. The Hall–Kier alpha value is -0.530. The van der Waals surface area contributed by atoms with Crippen LogP contribution in [0.2, 0.25) is 0 Å². The number of carbonyl (C=O) groups excluding carboxylic acids is 1. The second-order valence-electron chi connectivity index (χ2n) is 3.92. The molecule has 2 atom stereocenters. The third kappa shape index (κ3) is 2.84. The summed E-state index contributed by atoms with van der Waals surface area (Å²) in [5.41, 5.74) is -0.630. The van der Waals surface area contributed by atoms with E-state index in [4.69, 9.17) is 0 Å². The van der Waals surface area contributed by atoms with Crippen molar-refractivity contribution in [1.29, 1.82) is 0 Å². The highest BCUT2D eigenvalue weighted by molar-refractivity contribution is 5.71. The SMILES string of the molecule is CCC(C)CC(C)(CC)C(=O)[O-]. The molecule has 0 rings (SSSR count). The molecule has 0 spiro atoms. The van der Waals surface area contributed by atoms with E-state index in [0.717, 1.165) is 12.8 Å². The number of hydrogen-bond acceptors (Lipinski definition) is 2. The van der Waals surface area contributed by atoms with Crippen molar-refractivity contribution < 1.29 is 9.90 Å². The number of rotatable bonds is 5. The molecule has 2 nitrogen and oxygen atoms in total. The highest BCUT2D eigenvalue weighted by Gasteiger charge is 2.25. The van der Waals surface area contributed by atoms with E-state index in [-0.39, 0.29) is 0 Å². The molecule has 0 aromatic carbocycles. The topological polar surface area (TPSA) is 40.1 Å². The summed E-state index contributed by atoms with van der Waals surface area (Å²) < 4.78 is 0. The lowest BCUT2D eigenvalue weighted by molar-refractivity contribution is -0.319. The maximum Gasteiger partial charge on any atom is 0.0473 e. The van der Waals surface area contributed by atoms with Crippen LogP contribution < -0.4 is 5.11 Å². The number of aliphatic carboxylic acids is 1. The predicted molar refractivity (Wildman–Crippen MR) is 47.5 cm³/mol. The van der Waals surface area contributed by atoms with Crippen molar-refractivity contribution in [1.82, 2.24) is 0 Å². The minimum Gasteiger partial charge on any atom is -0.550 e. The van der Waals surface area contributed by atoms with E-state index < -0.39 is 11.4 Å². The maximum atomic E-state index is 10.8. The van der Waals surface area contributed by atoms with Gasteiger partial charge in [0.25, 0.3) is 0 Å². The van der Waals surface area contributed by atoms with Crippen LogP contribution in [0, 0.1) is 11.3 Å². The number of carboxylic acids is 1. The van der Waals surface area contributed by atoms with Gasteiger partial charge in [0, 0.05) is 11.4 Å². The summed E-state index contributed by atoms with van der Waals surface area (Å²) in [6.07, 6.45) is 2.41. The lowest BCUT2D eigenvalue weighted by Crippen LogP contribution is -2.40. The lowest BCUT2D eigenvalue weighted by atomic mass is 9.79. The number of carbonyl (C=O) groups is 1. The van der Waals surface area contributed by atoms with Gasteiger partial charge in [-0.1, -0.05) is 34.1 Å². The largest absolute Gasteiger partial charge is 0.550 e. The summed E-state index contributed by atoms with van der Waals surface area (Å²) in [4.78, 5) is 10.8. The van der Waals surface area contributed by atoms with Crippen molar-refractivity contribution in [3.05, 3.63) is 0 Å². The van der Waals surface area contributed by atoms with Crippen LogP contribution in [0.4, 0.5) is 0 Å². The van der Waals surface area contributed by atoms with E-state index in [0.29, 0.717) is 12.3 Å². The molecule has 0 heterocycles. The van der Waals surface area contributed by atoms with Gasteiger partial charge >= 0.3 is 0 Å². The molecule has 2 heteroatoms. The van der Waals surface area contributed by atoms with Crippen molar-refractivity contribution in [3.8, 4) is 0 Å². The molecule has 0 radical (unpaired) electrons. The minimum absolute atomic E-state index is 0.466. The van der Waals surface area contributed by atoms with E-state index in [1.807, 2.05) is 6.92 Å². The van der Waals surface area contributed by atoms with Gasteiger partial charge in [-0.15, -0.1) is 0 Å². The molecule has 0 amide bonds. The van der Waals surface area contributed by atoms with Gasteiger partial charge in [-0.3, -0.25) is 0 Å². The highest BCUT2D eigenvalue weighted by Crippen LogP contribution is 2.30. The standard InChI is InChI=1S/C10H20O2/c1-5-8(3)7-10(4,6-2)9(11)12/h8H,5-7H2,1-4H3,(H,11,12)/p-1. The first-order chi connectivity index (χ1) is 5.46. The average molecular weight is 171 g/mol. The Balaban J connectivity index is 4.23. The summed E-state index contributed by atoms with van der Waals surface area (Å²) in [6, 6.07) is 0. The molecule has 0 aromatic rings. The second kappa shape index (κ2) is 4.48. The Kier molecular flexibility index (Phi) is 4.29. The van der Waals surface area contributed by atoms with Gasteiger partial charge in [-0.05, 0) is 18.8 Å². The van der Waals surface area contributed by atoms with Crippen molar-refractivity contribution in [2.24, 2.45) is 11.3 Å². The van der Waals surface area contributed by atoms with Gasteiger partial charge in [0.15, 0.2) is 0 Å². The first-order valence-corrected chi connectivity index (χ1v) is 4.67. The monoisotopic (exact) mass is 171 g/mol. The average Bonchev–Trinajstić information content (AvgIpc) is 2.03. The smallest absolute Gasteiger partial charge is 0.0473 e. The molecular formula is C10H19O2-. The minimum atomic E-state index is -0.912. The van der Waals surface area contributed by atoms with Gasteiger partial charge < -0.3 is 9.90 Å². The summed E-state index contributed by atoms with van der Waals surface area (Å²) >= 11 is 0. The van der Waals surface area contributed by atoms with Crippen LogP contribution in [0.3, 0.4) is 0 Å². The van der Waals surface area contributed by atoms with Gasteiger partial charge in [-0.25, -0.2) is 0 Å². The predicted octanol–water partition coefficient (Wildman–Crippen LogP) is 1.59. The first kappa shape index (κ1) is 11.5. The van der Waals surface area contributed by atoms with Crippen molar-refractivity contribution in [2.75, 3.05) is 0 Å². The molecule has 2 unspecified atom stereocenters. The van der Waals surface area contributed by atoms with Gasteiger partial charge in [0.1, 0.15) is 0 Å². The lowest BCUT2D eigenvalue weighted by Gasteiger charge is -2.31. The van der Waals surface area contributed by atoms with Crippen LogP contribution in [-0.4, -0.2) is 5.97 Å². The van der Waals surface area contributed by atoms with Crippen molar-refractivity contribution in [2.45, 2.75) is 47.0 Å². The Labute approximate surface area is 75.0 Å². The van der Waals surface area contributed by atoms with E-state index in [1.54, 1.807) is 6.92 Å². The van der Waals surface area contributed by atoms with E-state index in [2.05, 4.69) is 13.8 Å². The van der Waals surface area contributed by atoms with Crippen molar-refractivity contribution in [3.63, 3.8) is 0 Å². The van der Waals surface area contributed by atoms with Crippen LogP contribution in [-0.2, 0) is 4.79 Å². The van der Waals surface area contributed by atoms with E-state index >= 15 is 0 Å². The molecule has 12 heavy (non-hydrogen) atoms. The van der Waals surface area contributed by atoms with Gasteiger partial charge in [0.2, 0.25) is 0 Å². The fraction of sp³-hybridized carbons (Fsp3) is 0.900. The van der Waals surface area contributed by atoms with Gasteiger partial charge in [-0.2, -0.15) is 0 Å². The fourth-order valence-corrected chi connectivity index (χ4v) is 1.29. The third-order valence-electron chi connectivity index (χ3n) is 2.77. The van der Waals surface area contributed by atoms with Gasteiger partial charge in [0.05, 0.1) is 0 Å². The maximum absolute atomic E-state index is 10.8. The third-order valence-corrected chi connectivity index (χ3v) is 2.77. The highest BCUT2D eigenvalue weighted by atomic mass is 16.4. The van der Waals surface area contributed by atoms with E-state index in [1.165, 1.54) is 0 Å². The Morgan fingerprint density at radius 3 is 2.25 bits per heavy atom. The zero-order valence-electron chi connectivity index (χ0n) is 8.52. The second-order valence-corrected chi connectivity index (χ2v) is 3.92. The zero-order chi connectivity index (χ0) is 9.78. The van der Waals surface area contributed by atoms with Crippen LogP contribution in [0.15, 0.2) is 0 Å². The zero-order valence-corrected chi connectivity index (χ0v) is 8.52. The van der Waals surface area contributed by atoms with Crippen molar-refractivity contribution >= 4 is 5.97 Å². The normalized spacial score (nSPS) is 18.3. The van der Waals surface area contributed by atoms with Crippen LogP contribution in [0.5, 0.6) is 0 Å². The summed E-state index contributed by atoms with van der Waals surface area (Å²) in [6.45, 7) is 7.83. The molecule has 72 valence electrons. The molecule has 0 N–H and O–H groups in total. The molecule has 0 aromatic heterocycles. The Morgan fingerprint density at radius 1 is 1.50 bits per heavy atom. The molecule has 0 aliphatic rings. The molecule has 0 saturated heterocycles. The Bertz CT molecular complexity index is 154.